The van der Waals surface area contributed by atoms with Crippen molar-refractivity contribution >= 4 is 18.1 Å². The minimum Gasteiger partial charge on any atom is -0.444 e. The van der Waals surface area contributed by atoms with Gasteiger partial charge >= 0.3 is 6.09 Å². The predicted molar refractivity (Wildman–Crippen MR) is 99.5 cm³/mol. The Balaban J connectivity index is 2.12. The third-order valence-corrected chi connectivity index (χ3v) is 4.35. The fourth-order valence-corrected chi connectivity index (χ4v) is 2.98. The molecular weight excluding hydrogens is 335 g/mol. The van der Waals surface area contributed by atoms with Crippen LogP contribution in [0.25, 0.3) is 6.08 Å². The van der Waals surface area contributed by atoms with E-state index >= 15 is 0 Å². The lowest BCUT2D eigenvalue weighted by Crippen LogP contribution is -2.56. The second-order valence-electron chi connectivity index (χ2n) is 7.67. The first-order valence-corrected chi connectivity index (χ1v) is 8.75. The van der Waals surface area contributed by atoms with Crippen LogP contribution in [-0.2, 0) is 4.74 Å². The number of carbonyl (C=O) groups excluding carboxylic acids is 2. The standard InChI is InChI=1S/C20H27FN2O3/c1-7-15-11-16(17(21)10-13(15)2)18(24)22-8-9-23(14(3)12-22)19(25)26-20(4,5)6/h7,10-11,14H,1,8-9,12H2,2-6H3. The number of piperazine rings is 1. The minimum atomic E-state index is -0.574. The molecule has 0 aromatic heterocycles. The highest BCUT2D eigenvalue weighted by Gasteiger charge is 2.33. The van der Waals surface area contributed by atoms with Gasteiger partial charge < -0.3 is 14.5 Å². The molecule has 2 rings (SSSR count). The molecule has 1 unspecified atom stereocenters. The largest absolute Gasteiger partial charge is 0.444 e. The molecule has 1 aliphatic rings. The van der Waals surface area contributed by atoms with Crippen LogP contribution < -0.4 is 0 Å². The molecule has 1 saturated heterocycles. The quantitative estimate of drug-likeness (QED) is 0.803. The number of halogens is 1. The van der Waals surface area contributed by atoms with E-state index in [9.17, 15) is 14.0 Å². The number of hydrogen-bond acceptors (Lipinski definition) is 3. The highest BCUT2D eigenvalue weighted by molar-refractivity contribution is 5.95. The van der Waals surface area contributed by atoms with Crippen molar-refractivity contribution in [2.24, 2.45) is 0 Å². The molecule has 1 aromatic carbocycles. The Morgan fingerprint density at radius 3 is 2.50 bits per heavy atom. The first-order valence-electron chi connectivity index (χ1n) is 8.75. The van der Waals surface area contributed by atoms with Gasteiger partial charge in [0.1, 0.15) is 11.4 Å². The number of amides is 2. The lowest BCUT2D eigenvalue weighted by molar-refractivity contribution is 0.00190. The number of benzene rings is 1. The summed E-state index contributed by atoms with van der Waals surface area (Å²) in [6, 6.07) is 2.67. The Hall–Kier alpha value is -2.37. The molecule has 1 aliphatic heterocycles. The Morgan fingerprint density at radius 2 is 1.96 bits per heavy atom. The SMILES string of the molecule is C=Cc1cc(C(=O)N2CCN(C(=O)OC(C)(C)C)C(C)C2)c(F)cc1C. The third-order valence-electron chi connectivity index (χ3n) is 4.35. The van der Waals surface area contributed by atoms with Gasteiger partial charge in [-0.2, -0.15) is 0 Å². The van der Waals surface area contributed by atoms with Crippen molar-refractivity contribution in [2.75, 3.05) is 19.6 Å². The second kappa shape index (κ2) is 7.48. The molecule has 5 nitrogen and oxygen atoms in total. The van der Waals surface area contributed by atoms with E-state index in [0.717, 1.165) is 11.1 Å². The van der Waals surface area contributed by atoms with Crippen molar-refractivity contribution in [2.45, 2.75) is 46.3 Å². The van der Waals surface area contributed by atoms with Gasteiger partial charge in [0.2, 0.25) is 0 Å². The van der Waals surface area contributed by atoms with Crippen molar-refractivity contribution in [3.05, 3.63) is 41.2 Å². The van der Waals surface area contributed by atoms with Crippen LogP contribution in [0.4, 0.5) is 9.18 Å². The lowest BCUT2D eigenvalue weighted by Gasteiger charge is -2.40. The lowest BCUT2D eigenvalue weighted by atomic mass is 10.0. The van der Waals surface area contributed by atoms with Crippen LogP contribution in [-0.4, -0.2) is 53.1 Å². The number of nitrogens with zero attached hydrogens (tertiary/aromatic N) is 2. The fourth-order valence-electron chi connectivity index (χ4n) is 2.98. The summed E-state index contributed by atoms with van der Waals surface area (Å²) >= 11 is 0. The second-order valence-corrected chi connectivity index (χ2v) is 7.67. The van der Waals surface area contributed by atoms with E-state index in [4.69, 9.17) is 4.74 Å². The molecule has 26 heavy (non-hydrogen) atoms. The summed E-state index contributed by atoms with van der Waals surface area (Å²) in [5, 5.41) is 0. The minimum absolute atomic E-state index is 0.0309. The van der Waals surface area contributed by atoms with Gasteiger partial charge in [0, 0.05) is 25.7 Å². The zero-order valence-electron chi connectivity index (χ0n) is 16.1. The molecule has 1 fully saturated rings. The van der Waals surface area contributed by atoms with Gasteiger partial charge in [-0.1, -0.05) is 12.7 Å². The van der Waals surface area contributed by atoms with Gasteiger partial charge in [-0.3, -0.25) is 4.79 Å². The molecule has 2 amide bonds. The van der Waals surface area contributed by atoms with Crippen LogP contribution in [0.1, 0.15) is 49.2 Å². The first-order chi connectivity index (χ1) is 12.0. The van der Waals surface area contributed by atoms with E-state index in [1.807, 2.05) is 27.7 Å². The molecule has 0 radical (unpaired) electrons. The van der Waals surface area contributed by atoms with Crippen molar-refractivity contribution in [1.29, 1.82) is 0 Å². The van der Waals surface area contributed by atoms with Crippen molar-refractivity contribution in [3.63, 3.8) is 0 Å². The highest BCUT2D eigenvalue weighted by Crippen LogP contribution is 2.21. The van der Waals surface area contributed by atoms with E-state index < -0.39 is 17.5 Å². The molecule has 6 heteroatoms. The van der Waals surface area contributed by atoms with Crippen molar-refractivity contribution < 1.29 is 18.7 Å². The predicted octanol–water partition coefficient (Wildman–Crippen LogP) is 3.86. The van der Waals surface area contributed by atoms with Gasteiger partial charge in [-0.05, 0) is 57.9 Å². The molecule has 142 valence electrons. The van der Waals surface area contributed by atoms with Crippen LogP contribution in [0, 0.1) is 12.7 Å². The van der Waals surface area contributed by atoms with Crippen molar-refractivity contribution in [3.8, 4) is 0 Å². The zero-order chi connectivity index (χ0) is 19.6. The molecule has 1 aromatic rings. The summed E-state index contributed by atoms with van der Waals surface area (Å²) in [4.78, 5) is 28.2. The monoisotopic (exact) mass is 362 g/mol. The van der Waals surface area contributed by atoms with Gasteiger partial charge in [-0.25, -0.2) is 9.18 Å². The Labute approximate surface area is 154 Å². The van der Waals surface area contributed by atoms with Gasteiger partial charge in [0.15, 0.2) is 0 Å². The average molecular weight is 362 g/mol. The number of hydrogen-bond donors (Lipinski definition) is 0. The number of rotatable bonds is 2. The number of ether oxygens (including phenoxy) is 1. The first kappa shape index (κ1) is 19.9. The van der Waals surface area contributed by atoms with Gasteiger partial charge in [-0.15, -0.1) is 0 Å². The number of aryl methyl sites for hydroxylation is 1. The summed E-state index contributed by atoms with van der Waals surface area (Å²) in [7, 11) is 0. The molecule has 0 aliphatic carbocycles. The Morgan fingerprint density at radius 1 is 1.31 bits per heavy atom. The summed E-state index contributed by atoms with van der Waals surface area (Å²) in [5.41, 5.74) is 0.923. The Bertz CT molecular complexity index is 725. The molecule has 0 spiro atoms. The number of carbonyl (C=O) groups is 2. The van der Waals surface area contributed by atoms with Crippen LogP contribution in [0.15, 0.2) is 18.7 Å². The topological polar surface area (TPSA) is 49.9 Å². The van der Waals surface area contributed by atoms with Gasteiger partial charge in [0.25, 0.3) is 5.91 Å². The Kier molecular flexibility index (Phi) is 5.74. The normalized spacial score (nSPS) is 17.8. The van der Waals surface area contributed by atoms with Crippen LogP contribution in [0.5, 0.6) is 0 Å². The molecule has 0 N–H and O–H groups in total. The summed E-state index contributed by atoms with van der Waals surface area (Å²) < 4.78 is 19.7. The maximum Gasteiger partial charge on any atom is 0.410 e. The maximum absolute atomic E-state index is 14.3. The van der Waals surface area contributed by atoms with E-state index in [1.165, 1.54) is 12.1 Å². The summed E-state index contributed by atoms with van der Waals surface area (Å²) in [6.07, 6.45) is 1.21. The fraction of sp³-hybridized carbons (Fsp3) is 0.500. The smallest absolute Gasteiger partial charge is 0.410 e. The molecule has 0 bridgehead atoms. The van der Waals surface area contributed by atoms with Crippen LogP contribution in [0.2, 0.25) is 0 Å². The summed E-state index contributed by atoms with van der Waals surface area (Å²) in [6.45, 7) is 13.8. The van der Waals surface area contributed by atoms with Crippen molar-refractivity contribution in [1.82, 2.24) is 9.80 Å². The average Bonchev–Trinajstić information content (AvgIpc) is 2.52. The van der Waals surface area contributed by atoms with Crippen LogP contribution >= 0.6 is 0 Å². The molecule has 1 atom stereocenters. The van der Waals surface area contributed by atoms with E-state index in [0.29, 0.717) is 19.6 Å². The van der Waals surface area contributed by atoms with E-state index in [-0.39, 0.29) is 17.5 Å². The van der Waals surface area contributed by atoms with E-state index in [2.05, 4.69) is 6.58 Å². The summed E-state index contributed by atoms with van der Waals surface area (Å²) in [5.74, 6) is -0.915. The molecule has 1 heterocycles. The van der Waals surface area contributed by atoms with Crippen LogP contribution in [0.3, 0.4) is 0 Å². The maximum atomic E-state index is 14.3. The molecular formula is C20H27FN2O3. The van der Waals surface area contributed by atoms with Gasteiger partial charge in [0.05, 0.1) is 5.56 Å². The van der Waals surface area contributed by atoms with E-state index in [1.54, 1.807) is 22.8 Å². The molecule has 0 saturated carbocycles. The third kappa shape index (κ3) is 4.42. The zero-order valence-corrected chi connectivity index (χ0v) is 16.1. The highest BCUT2D eigenvalue weighted by atomic mass is 19.1.